The zero-order valence-corrected chi connectivity index (χ0v) is 20.6. The van der Waals surface area contributed by atoms with E-state index in [-0.39, 0.29) is 0 Å². The molecule has 0 aliphatic rings. The van der Waals surface area contributed by atoms with Gasteiger partial charge in [0.1, 0.15) is 31.0 Å². The first-order chi connectivity index (χ1) is 18.8. The second kappa shape index (κ2) is 12.6. The quantitative estimate of drug-likeness (QED) is 0.183. The predicted molar refractivity (Wildman–Crippen MR) is 149 cm³/mol. The molecule has 0 fully saturated rings. The number of hydrogen-bond acceptors (Lipinski definition) is 7. The fourth-order valence-corrected chi connectivity index (χ4v) is 3.46. The summed E-state index contributed by atoms with van der Waals surface area (Å²) in [6, 6.07) is 35.5. The van der Waals surface area contributed by atoms with Crippen LogP contribution in [0, 0.1) is 0 Å². The van der Waals surface area contributed by atoms with Crippen LogP contribution in [-0.4, -0.2) is 27.3 Å². The summed E-state index contributed by atoms with van der Waals surface area (Å²) >= 11 is 0. The highest BCUT2D eigenvalue weighted by Gasteiger charge is 2.01. The van der Waals surface area contributed by atoms with E-state index in [1.807, 2.05) is 109 Å². The van der Waals surface area contributed by atoms with Crippen molar-refractivity contribution in [2.45, 2.75) is 13.2 Å². The lowest BCUT2D eigenvalue weighted by molar-refractivity contribution is 0.306. The predicted octanol–water partition coefficient (Wildman–Crippen LogP) is 5.76. The molecule has 0 spiro atoms. The van der Waals surface area contributed by atoms with Crippen LogP contribution in [0.2, 0.25) is 0 Å². The van der Waals surface area contributed by atoms with Crippen LogP contribution in [0.1, 0.15) is 22.3 Å². The average molecular weight is 503 g/mol. The van der Waals surface area contributed by atoms with Gasteiger partial charge in [-0.05, 0) is 70.8 Å². The highest BCUT2D eigenvalue weighted by molar-refractivity contribution is 5.80. The Morgan fingerprint density at radius 2 is 1.18 bits per heavy atom. The van der Waals surface area contributed by atoms with Crippen LogP contribution in [0.3, 0.4) is 0 Å². The first-order valence-corrected chi connectivity index (χ1v) is 12.1. The minimum atomic E-state index is 0.392. The Morgan fingerprint density at radius 1 is 0.658 bits per heavy atom. The van der Waals surface area contributed by atoms with Crippen LogP contribution in [-0.2, 0) is 13.2 Å². The maximum atomic E-state index is 5.83. The molecule has 0 radical (unpaired) electrons. The highest BCUT2D eigenvalue weighted by atomic mass is 16.5. The number of rotatable bonds is 11. The number of ether oxygens (including phenoxy) is 2. The Hall–Kier alpha value is -5.24. The van der Waals surface area contributed by atoms with Crippen LogP contribution >= 0.6 is 0 Å². The molecule has 0 saturated heterocycles. The van der Waals surface area contributed by atoms with Gasteiger partial charge in [0.2, 0.25) is 0 Å². The summed E-state index contributed by atoms with van der Waals surface area (Å²) in [6.45, 7) is 1.05. The number of nitrogens with one attached hydrogen (secondary N) is 1. The third-order valence-corrected chi connectivity index (χ3v) is 5.50. The molecule has 0 amide bonds. The van der Waals surface area contributed by atoms with Gasteiger partial charge >= 0.3 is 0 Å². The SMILES string of the molecule is C(=N/Nc1nncn1/N=C\c1ccc(OCc2ccccc2)cc1)/c1ccc(OCc2ccccc2)cc1. The van der Waals surface area contributed by atoms with E-state index in [1.165, 1.54) is 11.0 Å². The molecular formula is C30H26N6O2. The standard InChI is InChI=1S/C30H26N6O2/c1-3-7-26(8-4-1)21-37-28-15-11-24(12-16-28)19-31-34-30-35-32-23-36(30)33-20-25-13-17-29(18-14-25)38-22-27-9-5-2-6-10-27/h1-20,23H,21-22H2,(H,34,35)/b31-19-,33-20-. The maximum Gasteiger partial charge on any atom is 0.265 e. The lowest BCUT2D eigenvalue weighted by Crippen LogP contribution is -1.99. The molecule has 4 aromatic carbocycles. The summed E-state index contributed by atoms with van der Waals surface area (Å²) in [4.78, 5) is 0. The Bertz CT molecular complexity index is 1470. The molecule has 0 aliphatic carbocycles. The van der Waals surface area contributed by atoms with Crippen LogP contribution in [0.15, 0.2) is 126 Å². The zero-order chi connectivity index (χ0) is 25.8. The van der Waals surface area contributed by atoms with Gasteiger partial charge in [-0.15, -0.1) is 10.2 Å². The molecule has 1 N–H and O–H groups in total. The first kappa shape index (κ1) is 24.5. The molecule has 0 saturated carbocycles. The number of aromatic nitrogens is 3. The third kappa shape index (κ3) is 7.14. The van der Waals surface area contributed by atoms with E-state index in [1.54, 1.807) is 12.4 Å². The van der Waals surface area contributed by atoms with Crippen LogP contribution in [0.5, 0.6) is 11.5 Å². The lowest BCUT2D eigenvalue weighted by Gasteiger charge is -2.06. The van der Waals surface area contributed by atoms with E-state index < -0.39 is 0 Å². The zero-order valence-electron chi connectivity index (χ0n) is 20.6. The van der Waals surface area contributed by atoms with E-state index in [4.69, 9.17) is 9.47 Å². The van der Waals surface area contributed by atoms with E-state index in [0.717, 1.165) is 33.8 Å². The van der Waals surface area contributed by atoms with Gasteiger partial charge in [0.25, 0.3) is 5.95 Å². The molecule has 1 aromatic heterocycles. The van der Waals surface area contributed by atoms with Gasteiger partial charge in [0, 0.05) is 0 Å². The molecule has 5 aromatic rings. The van der Waals surface area contributed by atoms with Gasteiger partial charge in [-0.25, -0.2) is 5.43 Å². The molecule has 0 unspecified atom stereocenters. The van der Waals surface area contributed by atoms with Crippen molar-refractivity contribution in [1.82, 2.24) is 14.9 Å². The minimum absolute atomic E-state index is 0.392. The summed E-state index contributed by atoms with van der Waals surface area (Å²) in [6.07, 6.45) is 4.91. The molecule has 1 heterocycles. The highest BCUT2D eigenvalue weighted by Crippen LogP contribution is 2.15. The Balaban J connectivity index is 1.11. The summed E-state index contributed by atoms with van der Waals surface area (Å²) in [5, 5.41) is 16.6. The third-order valence-electron chi connectivity index (χ3n) is 5.50. The van der Waals surface area contributed by atoms with Crippen molar-refractivity contribution in [3.05, 3.63) is 138 Å². The summed E-state index contributed by atoms with van der Waals surface area (Å²) in [5.74, 6) is 1.98. The number of benzene rings is 4. The van der Waals surface area contributed by atoms with Gasteiger partial charge in [-0.1, -0.05) is 60.7 Å². The van der Waals surface area contributed by atoms with Gasteiger partial charge in [0.15, 0.2) is 0 Å². The maximum absolute atomic E-state index is 5.83. The van der Waals surface area contributed by atoms with Crippen molar-refractivity contribution in [3.8, 4) is 11.5 Å². The van der Waals surface area contributed by atoms with Gasteiger partial charge in [-0.3, -0.25) is 0 Å². The summed E-state index contributed by atoms with van der Waals surface area (Å²) < 4.78 is 13.2. The van der Waals surface area contributed by atoms with E-state index >= 15 is 0 Å². The number of anilines is 1. The van der Waals surface area contributed by atoms with Crippen molar-refractivity contribution in [1.29, 1.82) is 0 Å². The Labute approximate surface area is 220 Å². The number of nitrogens with zero attached hydrogens (tertiary/aromatic N) is 5. The van der Waals surface area contributed by atoms with Crippen LogP contribution < -0.4 is 14.9 Å². The van der Waals surface area contributed by atoms with Gasteiger partial charge < -0.3 is 9.47 Å². The number of hydrazone groups is 1. The van der Waals surface area contributed by atoms with Crippen molar-refractivity contribution < 1.29 is 9.47 Å². The molecule has 0 atom stereocenters. The molecule has 5 rings (SSSR count). The lowest BCUT2D eigenvalue weighted by atomic mass is 10.2. The molecule has 0 bridgehead atoms. The summed E-state index contributed by atoms with van der Waals surface area (Å²) in [5.41, 5.74) is 6.94. The topological polar surface area (TPSA) is 85.9 Å². The molecule has 188 valence electrons. The number of hydrogen-bond donors (Lipinski definition) is 1. The van der Waals surface area contributed by atoms with Crippen molar-refractivity contribution in [2.24, 2.45) is 10.2 Å². The largest absolute Gasteiger partial charge is 0.489 e. The van der Waals surface area contributed by atoms with E-state index in [9.17, 15) is 0 Å². The fourth-order valence-electron chi connectivity index (χ4n) is 3.46. The fraction of sp³-hybridized carbons (Fsp3) is 0.0667. The Morgan fingerprint density at radius 3 is 1.74 bits per heavy atom. The second-order valence-corrected chi connectivity index (χ2v) is 8.30. The molecule has 8 nitrogen and oxygen atoms in total. The summed E-state index contributed by atoms with van der Waals surface area (Å²) in [7, 11) is 0. The van der Waals surface area contributed by atoms with Gasteiger partial charge in [0.05, 0.1) is 12.4 Å². The molecular weight excluding hydrogens is 476 g/mol. The van der Waals surface area contributed by atoms with Crippen LogP contribution in [0.25, 0.3) is 0 Å². The first-order valence-electron chi connectivity index (χ1n) is 12.1. The monoisotopic (exact) mass is 502 g/mol. The van der Waals surface area contributed by atoms with E-state index in [0.29, 0.717) is 19.2 Å². The van der Waals surface area contributed by atoms with Crippen molar-refractivity contribution in [3.63, 3.8) is 0 Å². The molecule has 8 heteroatoms. The molecule has 0 aliphatic heterocycles. The van der Waals surface area contributed by atoms with E-state index in [2.05, 4.69) is 25.8 Å². The average Bonchev–Trinajstić information content (AvgIpc) is 3.43. The van der Waals surface area contributed by atoms with Crippen molar-refractivity contribution in [2.75, 3.05) is 5.43 Å². The Kier molecular flexibility index (Phi) is 8.13. The van der Waals surface area contributed by atoms with Crippen molar-refractivity contribution >= 4 is 18.4 Å². The normalized spacial score (nSPS) is 11.2. The van der Waals surface area contributed by atoms with Crippen LogP contribution in [0.4, 0.5) is 5.95 Å². The van der Waals surface area contributed by atoms with Gasteiger partial charge in [-0.2, -0.15) is 14.9 Å². The smallest absolute Gasteiger partial charge is 0.265 e. The molecule has 38 heavy (non-hydrogen) atoms. The second-order valence-electron chi connectivity index (χ2n) is 8.30. The minimum Gasteiger partial charge on any atom is -0.489 e.